The van der Waals surface area contributed by atoms with Crippen molar-refractivity contribution in [3.63, 3.8) is 0 Å². The third-order valence-corrected chi connectivity index (χ3v) is 8.94. The summed E-state index contributed by atoms with van der Waals surface area (Å²) >= 11 is 0. The molecule has 0 aromatic heterocycles. The van der Waals surface area contributed by atoms with Gasteiger partial charge in [-0.15, -0.1) is 0 Å². The van der Waals surface area contributed by atoms with Gasteiger partial charge in [-0.25, -0.2) is 0 Å². The van der Waals surface area contributed by atoms with Gasteiger partial charge < -0.3 is 18.6 Å². The highest BCUT2D eigenvalue weighted by Gasteiger charge is 2.84. The predicted octanol–water partition coefficient (Wildman–Crippen LogP) is 6.03. The maximum atomic E-state index is 6.76. The van der Waals surface area contributed by atoms with Crippen LogP contribution in [0, 0.1) is 0 Å². The Morgan fingerprint density at radius 2 is 0.758 bits per heavy atom. The average molecular weight is 446 g/mol. The van der Waals surface area contributed by atoms with Gasteiger partial charge in [0.05, 0.1) is 27.6 Å². The van der Waals surface area contributed by atoms with E-state index in [1.165, 1.54) is 11.1 Å². The monoisotopic (exact) mass is 446 g/mol. The summed E-state index contributed by atoms with van der Waals surface area (Å²) in [5.74, 6) is 0.288. The Balaban J connectivity index is 1.68. The molecule has 0 unspecified atom stereocenters. The van der Waals surface area contributed by atoms with E-state index in [1.54, 1.807) is 0 Å². The number of benzene rings is 2. The van der Waals surface area contributed by atoms with Gasteiger partial charge in [-0.1, -0.05) is 60.7 Å². The highest BCUT2D eigenvalue weighted by Crippen LogP contribution is 2.81. The molecule has 0 radical (unpaired) electrons. The van der Waals surface area contributed by atoms with Gasteiger partial charge in [-0.3, -0.25) is 0 Å². The molecule has 2 aromatic carbocycles. The predicted molar refractivity (Wildman–Crippen MR) is 133 cm³/mol. The first-order chi connectivity index (χ1) is 15.3. The second-order valence-corrected chi connectivity index (χ2v) is 12.0. The van der Waals surface area contributed by atoms with Crippen LogP contribution in [-0.4, -0.2) is 36.6 Å². The molecule has 3 aliphatic rings. The summed E-state index contributed by atoms with van der Waals surface area (Å²) in [6, 6.07) is 21.4. The van der Waals surface area contributed by atoms with Gasteiger partial charge in [-0.05, 0) is 78.4 Å². The highest BCUT2D eigenvalue weighted by atomic mass is 16.7. The topological polar surface area (TPSA) is 36.9 Å². The fourth-order valence-corrected chi connectivity index (χ4v) is 5.50. The minimum atomic E-state index is -0.515. The lowest BCUT2D eigenvalue weighted by molar-refractivity contribution is 0.00578. The van der Waals surface area contributed by atoms with E-state index < -0.39 is 41.9 Å². The Morgan fingerprint density at radius 3 is 1.03 bits per heavy atom. The molecule has 0 amide bonds. The average Bonchev–Trinajstić information content (AvgIpc) is 3.31. The summed E-state index contributed by atoms with van der Waals surface area (Å²) in [5, 5.41) is -0.515. The zero-order valence-corrected chi connectivity index (χ0v) is 21.2. The molecule has 3 fully saturated rings. The van der Waals surface area contributed by atoms with Crippen molar-refractivity contribution in [2.75, 3.05) is 0 Å². The molecule has 2 atom stereocenters. The van der Waals surface area contributed by atoms with Crippen molar-refractivity contribution in [3.05, 3.63) is 71.8 Å². The minimum absolute atomic E-state index is 0.144. The molecule has 1 aliphatic carbocycles. The van der Waals surface area contributed by atoms with Gasteiger partial charge >= 0.3 is 14.2 Å². The van der Waals surface area contributed by atoms with Crippen LogP contribution < -0.4 is 0 Å². The fourth-order valence-electron chi connectivity index (χ4n) is 5.50. The molecule has 2 aromatic rings. The largest absolute Gasteiger partial charge is 0.463 e. The van der Waals surface area contributed by atoms with Crippen LogP contribution in [0.15, 0.2) is 60.7 Å². The van der Waals surface area contributed by atoms with E-state index in [0.717, 1.165) is 0 Å². The van der Waals surface area contributed by atoms with Crippen molar-refractivity contribution in [1.29, 1.82) is 0 Å². The quantitative estimate of drug-likeness (QED) is 0.538. The van der Waals surface area contributed by atoms with Gasteiger partial charge in [0.2, 0.25) is 0 Å². The maximum absolute atomic E-state index is 6.76. The standard InChI is InChI=1S/C27H36B2O4/c1-23(2)24(3,4)31-28(30-23)27(29-32-25(5,6)26(7,8)33-29)21(19-15-11-9-12-16-19)22(27)20-17-13-10-14-18-20/h9-18,21-22H,1-8H3/t21-,22-/m1/s1. The molecule has 0 spiro atoms. The summed E-state index contributed by atoms with van der Waals surface area (Å²) in [7, 11) is -0.930. The number of rotatable bonds is 4. The van der Waals surface area contributed by atoms with Crippen LogP contribution in [0.4, 0.5) is 0 Å². The first-order valence-electron chi connectivity index (χ1n) is 12.1. The zero-order valence-electron chi connectivity index (χ0n) is 21.2. The van der Waals surface area contributed by atoms with E-state index in [1.807, 2.05) is 0 Å². The maximum Gasteiger partial charge on any atom is 0.463 e. The number of hydrogen-bond acceptors (Lipinski definition) is 4. The van der Waals surface area contributed by atoms with Crippen molar-refractivity contribution in [2.24, 2.45) is 0 Å². The molecule has 6 heteroatoms. The van der Waals surface area contributed by atoms with E-state index in [9.17, 15) is 0 Å². The Morgan fingerprint density at radius 1 is 0.485 bits per heavy atom. The first kappa shape index (κ1) is 23.2. The smallest absolute Gasteiger partial charge is 0.403 e. The fraction of sp³-hybridized carbons (Fsp3) is 0.556. The van der Waals surface area contributed by atoms with E-state index in [4.69, 9.17) is 18.6 Å². The summed E-state index contributed by atoms with van der Waals surface area (Å²) in [6.45, 7) is 16.9. The van der Waals surface area contributed by atoms with Crippen LogP contribution in [0.25, 0.3) is 0 Å². The van der Waals surface area contributed by atoms with Crippen LogP contribution in [0.3, 0.4) is 0 Å². The lowest BCUT2D eigenvalue weighted by Gasteiger charge is -2.32. The zero-order chi connectivity index (χ0) is 23.9. The van der Waals surface area contributed by atoms with E-state index in [-0.39, 0.29) is 11.8 Å². The Kier molecular flexibility index (Phi) is 5.06. The van der Waals surface area contributed by atoms with E-state index in [2.05, 4.69) is 116 Å². The van der Waals surface area contributed by atoms with Gasteiger partial charge in [0.25, 0.3) is 0 Å². The van der Waals surface area contributed by atoms with Gasteiger partial charge in [0.1, 0.15) is 0 Å². The summed E-state index contributed by atoms with van der Waals surface area (Å²) in [4.78, 5) is 0. The number of hydrogen-bond donors (Lipinski definition) is 0. The Labute approximate surface area is 199 Å². The molecule has 2 aliphatic heterocycles. The lowest BCUT2D eigenvalue weighted by atomic mass is 9.45. The summed E-state index contributed by atoms with van der Waals surface area (Å²) in [6.07, 6.45) is 0. The highest BCUT2D eigenvalue weighted by molar-refractivity contribution is 6.74. The van der Waals surface area contributed by atoms with Crippen molar-refractivity contribution in [1.82, 2.24) is 0 Å². The Bertz CT molecular complexity index is 903. The second kappa shape index (κ2) is 7.21. The Hall–Kier alpha value is -1.59. The van der Waals surface area contributed by atoms with Crippen LogP contribution in [-0.2, 0) is 18.6 Å². The molecule has 33 heavy (non-hydrogen) atoms. The molecule has 0 bridgehead atoms. The molecule has 5 rings (SSSR count). The van der Waals surface area contributed by atoms with E-state index >= 15 is 0 Å². The molecular weight excluding hydrogens is 410 g/mol. The summed E-state index contributed by atoms with van der Waals surface area (Å²) in [5.41, 5.74) is 0.740. The van der Waals surface area contributed by atoms with Crippen molar-refractivity contribution in [2.45, 2.75) is 94.8 Å². The normalized spacial score (nSPS) is 30.4. The SMILES string of the molecule is CC1(C)OB(C2(B3OC(C)(C)C(C)(C)O3)[C@H](c3ccccc3)[C@H]2c2ccccc2)OC1(C)C. The van der Waals surface area contributed by atoms with Gasteiger partial charge in [0, 0.05) is 0 Å². The molecule has 4 nitrogen and oxygen atoms in total. The van der Waals surface area contributed by atoms with Gasteiger partial charge in [-0.2, -0.15) is 0 Å². The third kappa shape index (κ3) is 3.29. The van der Waals surface area contributed by atoms with E-state index in [0.29, 0.717) is 0 Å². The second-order valence-electron chi connectivity index (χ2n) is 12.0. The van der Waals surface area contributed by atoms with Crippen LogP contribution in [0.1, 0.15) is 78.4 Å². The third-order valence-electron chi connectivity index (χ3n) is 8.94. The molecular formula is C27H36B2O4. The van der Waals surface area contributed by atoms with Crippen molar-refractivity contribution < 1.29 is 18.6 Å². The van der Waals surface area contributed by atoms with Crippen LogP contribution in [0.5, 0.6) is 0 Å². The first-order valence-corrected chi connectivity index (χ1v) is 12.1. The van der Waals surface area contributed by atoms with Crippen molar-refractivity contribution >= 4 is 14.2 Å². The molecule has 2 saturated heterocycles. The lowest BCUT2D eigenvalue weighted by Crippen LogP contribution is -2.42. The van der Waals surface area contributed by atoms with Crippen LogP contribution >= 0.6 is 0 Å². The molecule has 2 heterocycles. The molecule has 0 N–H and O–H groups in total. The minimum Gasteiger partial charge on any atom is -0.403 e. The molecule has 1 saturated carbocycles. The van der Waals surface area contributed by atoms with Gasteiger partial charge in [0.15, 0.2) is 0 Å². The molecule has 174 valence electrons. The van der Waals surface area contributed by atoms with Crippen molar-refractivity contribution in [3.8, 4) is 0 Å². The summed E-state index contributed by atoms with van der Waals surface area (Å²) < 4.78 is 27.0. The van der Waals surface area contributed by atoms with Crippen LogP contribution in [0.2, 0.25) is 5.21 Å².